The number of aromatic nitrogens is 4. The highest BCUT2D eigenvalue weighted by atomic mass is 16.5. The lowest BCUT2D eigenvalue weighted by Crippen LogP contribution is -2.28. The lowest BCUT2D eigenvalue weighted by Gasteiger charge is -2.17. The number of hydrogen-bond acceptors (Lipinski definition) is 7. The van der Waals surface area contributed by atoms with Crippen molar-refractivity contribution in [3.05, 3.63) is 16.7 Å². The largest absolute Gasteiger partial charge is 0.394 e. The number of aromatic amines is 1. The molecule has 3 heterocycles. The molecule has 0 radical (unpaired) electrons. The first kappa shape index (κ1) is 13.0. The molecule has 20 heavy (non-hydrogen) atoms. The molecule has 9 nitrogen and oxygen atoms in total. The Morgan fingerprint density at radius 1 is 1.60 bits per heavy atom. The highest BCUT2D eigenvalue weighted by Crippen LogP contribution is 2.35. The number of nitrogens with zero attached hydrogens (tertiary/aromatic N) is 3. The molecule has 1 fully saturated rings. The van der Waals surface area contributed by atoms with Gasteiger partial charge in [0.1, 0.15) is 12.3 Å². The average Bonchev–Trinajstić information content (AvgIpc) is 2.93. The zero-order valence-corrected chi connectivity index (χ0v) is 10.7. The van der Waals surface area contributed by atoms with E-state index in [1.165, 1.54) is 6.33 Å². The Hall–Kier alpha value is -1.97. The van der Waals surface area contributed by atoms with Crippen LogP contribution in [0.25, 0.3) is 11.2 Å². The van der Waals surface area contributed by atoms with Crippen molar-refractivity contribution >= 4 is 17.1 Å². The van der Waals surface area contributed by atoms with E-state index in [4.69, 9.17) is 10.5 Å². The fourth-order valence-corrected chi connectivity index (χ4v) is 2.49. The third-order valence-electron chi connectivity index (χ3n) is 3.59. The van der Waals surface area contributed by atoms with Crippen LogP contribution >= 0.6 is 0 Å². The van der Waals surface area contributed by atoms with Gasteiger partial charge in [-0.25, -0.2) is 4.98 Å². The summed E-state index contributed by atoms with van der Waals surface area (Å²) in [5, 5.41) is 19.1. The predicted octanol–water partition coefficient (Wildman–Crippen LogP) is -1.41. The summed E-state index contributed by atoms with van der Waals surface area (Å²) in [7, 11) is 0. The number of rotatable bonds is 2. The average molecular weight is 281 g/mol. The number of imidazole rings is 1. The number of anilines is 1. The minimum absolute atomic E-state index is 0.0193. The van der Waals surface area contributed by atoms with Gasteiger partial charge < -0.3 is 20.7 Å². The van der Waals surface area contributed by atoms with Crippen molar-refractivity contribution in [1.82, 2.24) is 19.5 Å². The van der Waals surface area contributed by atoms with Crippen LogP contribution in [-0.2, 0) is 4.74 Å². The van der Waals surface area contributed by atoms with Crippen LogP contribution in [0.15, 0.2) is 11.1 Å². The SMILES string of the molecule is CC1[C@H](n2cnc3c(=O)[nH]c(N)nc32)O[C@H](CO)[C@H]1O. The first-order valence-electron chi connectivity index (χ1n) is 6.19. The molecule has 0 aliphatic carbocycles. The molecule has 0 amide bonds. The normalized spacial score (nSPS) is 30.1. The van der Waals surface area contributed by atoms with Gasteiger partial charge >= 0.3 is 0 Å². The molecule has 0 spiro atoms. The van der Waals surface area contributed by atoms with E-state index in [0.29, 0.717) is 0 Å². The van der Waals surface area contributed by atoms with E-state index in [1.807, 2.05) is 0 Å². The Morgan fingerprint density at radius 3 is 3.00 bits per heavy atom. The van der Waals surface area contributed by atoms with E-state index < -0.39 is 24.0 Å². The van der Waals surface area contributed by atoms with Crippen molar-refractivity contribution in [2.24, 2.45) is 5.92 Å². The Bertz CT molecular complexity index is 696. The summed E-state index contributed by atoms with van der Waals surface area (Å²) in [4.78, 5) is 22.1. The van der Waals surface area contributed by atoms with Crippen LogP contribution in [0.1, 0.15) is 13.2 Å². The van der Waals surface area contributed by atoms with Gasteiger partial charge in [0.2, 0.25) is 5.95 Å². The van der Waals surface area contributed by atoms with Crippen molar-refractivity contribution in [2.75, 3.05) is 12.3 Å². The van der Waals surface area contributed by atoms with Gasteiger partial charge in [0.15, 0.2) is 11.2 Å². The van der Waals surface area contributed by atoms with Gasteiger partial charge in [0.25, 0.3) is 5.56 Å². The van der Waals surface area contributed by atoms with Crippen molar-refractivity contribution in [1.29, 1.82) is 0 Å². The van der Waals surface area contributed by atoms with Crippen molar-refractivity contribution < 1.29 is 14.9 Å². The predicted molar refractivity (Wildman–Crippen MR) is 68.7 cm³/mol. The van der Waals surface area contributed by atoms with Crippen LogP contribution in [-0.4, -0.2) is 48.5 Å². The Morgan fingerprint density at radius 2 is 2.35 bits per heavy atom. The Kier molecular flexibility index (Phi) is 2.96. The maximum atomic E-state index is 11.7. The fraction of sp³-hybridized carbons (Fsp3) is 0.545. The van der Waals surface area contributed by atoms with Crippen LogP contribution in [0.5, 0.6) is 0 Å². The third-order valence-corrected chi connectivity index (χ3v) is 3.59. The highest BCUT2D eigenvalue weighted by Gasteiger charge is 2.42. The van der Waals surface area contributed by atoms with Crippen molar-refractivity contribution in [2.45, 2.75) is 25.4 Å². The van der Waals surface area contributed by atoms with Gasteiger partial charge in [-0.15, -0.1) is 0 Å². The monoisotopic (exact) mass is 281 g/mol. The molecule has 0 bridgehead atoms. The summed E-state index contributed by atoms with van der Waals surface area (Å²) >= 11 is 0. The summed E-state index contributed by atoms with van der Waals surface area (Å²) in [6, 6.07) is 0. The van der Waals surface area contributed by atoms with Gasteiger partial charge in [-0.3, -0.25) is 14.3 Å². The number of aliphatic hydroxyl groups is 2. The molecule has 2 aromatic heterocycles. The van der Waals surface area contributed by atoms with Crippen LogP contribution < -0.4 is 11.3 Å². The topological polar surface area (TPSA) is 139 Å². The second-order valence-corrected chi connectivity index (χ2v) is 4.87. The van der Waals surface area contributed by atoms with Crippen LogP contribution in [0.3, 0.4) is 0 Å². The minimum Gasteiger partial charge on any atom is -0.394 e. The molecular formula is C11H15N5O4. The minimum atomic E-state index is -0.804. The van der Waals surface area contributed by atoms with Crippen LogP contribution in [0.2, 0.25) is 0 Å². The number of hydrogen-bond donors (Lipinski definition) is 4. The molecule has 4 atom stereocenters. The summed E-state index contributed by atoms with van der Waals surface area (Å²) in [5.41, 5.74) is 5.53. The lowest BCUT2D eigenvalue weighted by molar-refractivity contribution is -0.0447. The first-order chi connectivity index (χ1) is 9.52. The lowest BCUT2D eigenvalue weighted by atomic mass is 10.0. The maximum Gasteiger partial charge on any atom is 0.280 e. The van der Waals surface area contributed by atoms with E-state index in [1.54, 1.807) is 11.5 Å². The number of nitrogen functional groups attached to an aromatic ring is 1. The number of H-pyrrole nitrogens is 1. The molecule has 5 N–H and O–H groups in total. The van der Waals surface area contributed by atoms with Gasteiger partial charge in [-0.05, 0) is 0 Å². The molecule has 9 heteroatoms. The number of ether oxygens (including phenoxy) is 1. The van der Waals surface area contributed by atoms with E-state index in [9.17, 15) is 15.0 Å². The molecule has 3 rings (SSSR count). The molecule has 1 unspecified atom stereocenters. The number of nitrogens with one attached hydrogen (secondary N) is 1. The second-order valence-electron chi connectivity index (χ2n) is 4.87. The number of nitrogens with two attached hydrogens (primary N) is 1. The van der Waals surface area contributed by atoms with Crippen LogP contribution in [0.4, 0.5) is 5.95 Å². The van der Waals surface area contributed by atoms with Gasteiger partial charge in [0, 0.05) is 5.92 Å². The fourth-order valence-electron chi connectivity index (χ4n) is 2.49. The molecule has 0 saturated carbocycles. The summed E-state index contributed by atoms with van der Waals surface area (Å²) in [5.74, 6) is -0.305. The van der Waals surface area contributed by atoms with Gasteiger partial charge in [-0.1, -0.05) is 6.92 Å². The molecule has 2 aromatic rings. The standard InChI is InChI=1S/C11H15N5O4/c1-4-7(18)5(2-17)20-10(4)16-3-13-6-8(16)14-11(12)15-9(6)19/h3-5,7,10,17-18H,2H2,1H3,(H3,12,14,15,19)/t4?,5-,7+,10-/m1/s1. The Labute approximate surface area is 113 Å². The van der Waals surface area contributed by atoms with Gasteiger partial charge in [0.05, 0.1) is 19.0 Å². The summed E-state index contributed by atoms with van der Waals surface area (Å²) < 4.78 is 7.14. The van der Waals surface area contributed by atoms with E-state index >= 15 is 0 Å². The van der Waals surface area contributed by atoms with E-state index in [0.717, 1.165) is 0 Å². The smallest absolute Gasteiger partial charge is 0.280 e. The molecule has 108 valence electrons. The van der Waals surface area contributed by atoms with Crippen LogP contribution in [0, 0.1) is 5.92 Å². The molecule has 1 aliphatic heterocycles. The van der Waals surface area contributed by atoms with Gasteiger partial charge in [-0.2, -0.15) is 4.98 Å². The maximum absolute atomic E-state index is 11.7. The third kappa shape index (κ3) is 1.79. The summed E-state index contributed by atoms with van der Waals surface area (Å²) in [6.45, 7) is 1.50. The second kappa shape index (κ2) is 4.54. The molecule has 0 aromatic carbocycles. The molecular weight excluding hydrogens is 266 g/mol. The quantitative estimate of drug-likeness (QED) is 0.530. The van der Waals surface area contributed by atoms with E-state index in [-0.39, 0.29) is 29.6 Å². The summed E-state index contributed by atoms with van der Waals surface area (Å²) in [6.07, 6.45) is -0.630. The molecule has 1 saturated heterocycles. The first-order valence-corrected chi connectivity index (χ1v) is 6.19. The number of fused-ring (bicyclic) bond motifs is 1. The van der Waals surface area contributed by atoms with Crippen molar-refractivity contribution in [3.8, 4) is 0 Å². The Balaban J connectivity index is 2.09. The number of aliphatic hydroxyl groups excluding tert-OH is 2. The zero-order valence-electron chi connectivity index (χ0n) is 10.7. The van der Waals surface area contributed by atoms with Crippen molar-refractivity contribution in [3.63, 3.8) is 0 Å². The zero-order chi connectivity index (χ0) is 14.4. The molecule has 1 aliphatic rings. The highest BCUT2D eigenvalue weighted by molar-refractivity contribution is 5.70. The van der Waals surface area contributed by atoms with E-state index in [2.05, 4.69) is 15.0 Å².